The number of hydrogen-bond donors (Lipinski definition) is 1. The van der Waals surface area contributed by atoms with Crippen molar-refractivity contribution in [3.05, 3.63) is 35.4 Å². The van der Waals surface area contributed by atoms with Crippen molar-refractivity contribution in [1.29, 1.82) is 0 Å². The maximum Gasteiger partial charge on any atom is 1.00 e. The van der Waals surface area contributed by atoms with E-state index < -0.39 is 8.24 Å². The number of fused-ring (bicyclic) bond motifs is 1. The van der Waals surface area contributed by atoms with Gasteiger partial charge < -0.3 is 9.88 Å². The van der Waals surface area contributed by atoms with E-state index in [-0.39, 0.29) is 24.4 Å². The van der Waals surface area contributed by atoms with E-state index in [0.717, 1.165) is 0 Å². The topological polar surface area (TPSA) is 15.3 Å². The summed E-state index contributed by atoms with van der Waals surface area (Å²) in [4.78, 5) is 6.56. The minimum Gasteiger partial charge on any atom is -0.417 e. The molecule has 0 atom stereocenters. The Balaban J connectivity index is 0.00000225. The summed E-state index contributed by atoms with van der Waals surface area (Å²) in [5.74, 6) is 0. The van der Waals surface area contributed by atoms with Crippen molar-refractivity contribution in [3.63, 3.8) is 0 Å². The predicted octanol–water partition coefficient (Wildman–Crippen LogP) is 2.15. The fraction of sp³-hybridized carbons (Fsp3) is 0.571. The molecule has 3 rings (SSSR count). The van der Waals surface area contributed by atoms with E-state index in [4.69, 9.17) is 0 Å². The maximum atomic E-state index is 3.94. The van der Waals surface area contributed by atoms with E-state index in [0.29, 0.717) is 0 Å². The van der Waals surface area contributed by atoms with E-state index in [9.17, 15) is 0 Å². The molecular formula is C21H33LiN2Si. The van der Waals surface area contributed by atoms with E-state index in [1.165, 1.54) is 54.0 Å². The first-order valence-electron chi connectivity index (χ1n) is 9.39. The summed E-state index contributed by atoms with van der Waals surface area (Å²) < 4.78 is 0. The van der Waals surface area contributed by atoms with Crippen molar-refractivity contribution in [3.8, 4) is 0 Å². The number of hydrogen-bond acceptors (Lipinski definition) is 2. The molecule has 0 radical (unpaired) electrons. The van der Waals surface area contributed by atoms with Crippen LogP contribution in [0.25, 0.3) is 10.8 Å². The van der Waals surface area contributed by atoms with Gasteiger partial charge in [0.2, 0.25) is 0 Å². The van der Waals surface area contributed by atoms with Gasteiger partial charge >= 0.3 is 18.9 Å². The molecule has 1 N–H and O–H groups in total. The molecular weight excluding hydrogens is 315 g/mol. The monoisotopic (exact) mass is 348 g/mol. The Kier molecular flexibility index (Phi) is 6.27. The van der Waals surface area contributed by atoms with Crippen LogP contribution in [0.4, 0.5) is 5.69 Å². The van der Waals surface area contributed by atoms with Crippen LogP contribution in [0.15, 0.2) is 24.3 Å². The number of nitrogens with zero attached hydrogens (tertiary/aromatic N) is 1. The number of rotatable bonds is 4. The van der Waals surface area contributed by atoms with Gasteiger partial charge in [-0.1, -0.05) is 37.8 Å². The Morgan fingerprint density at radius 3 is 2.32 bits per heavy atom. The van der Waals surface area contributed by atoms with Gasteiger partial charge in [0.25, 0.3) is 0 Å². The van der Waals surface area contributed by atoms with Gasteiger partial charge in [-0.3, -0.25) is 0 Å². The van der Waals surface area contributed by atoms with Gasteiger partial charge in [-0.05, 0) is 33.6 Å². The predicted molar refractivity (Wildman–Crippen MR) is 110 cm³/mol. The molecule has 0 aliphatic carbocycles. The van der Waals surface area contributed by atoms with Gasteiger partial charge in [-0.2, -0.15) is 0 Å². The molecule has 1 fully saturated rings. The van der Waals surface area contributed by atoms with Crippen LogP contribution in [0.5, 0.6) is 0 Å². The molecule has 0 saturated carbocycles. The summed E-state index contributed by atoms with van der Waals surface area (Å²) in [6.07, 6.45) is 2.67. The molecule has 2 aromatic carbocycles. The number of nitrogens with one attached hydrogen (secondary N) is 1. The second-order valence-electron chi connectivity index (χ2n) is 9.13. The smallest absolute Gasteiger partial charge is 0.417 e. The van der Waals surface area contributed by atoms with E-state index in [1.807, 2.05) is 0 Å². The average molecular weight is 349 g/mol. The van der Waals surface area contributed by atoms with Crippen molar-refractivity contribution < 1.29 is 18.9 Å². The summed E-state index contributed by atoms with van der Waals surface area (Å²) in [5, 5.41) is 2.95. The third kappa shape index (κ3) is 4.58. The molecule has 1 saturated heterocycles. The second kappa shape index (κ2) is 7.57. The van der Waals surface area contributed by atoms with Crippen LogP contribution in [0.2, 0.25) is 13.1 Å². The molecule has 4 heteroatoms. The van der Waals surface area contributed by atoms with Gasteiger partial charge in [0.15, 0.2) is 0 Å². The summed E-state index contributed by atoms with van der Waals surface area (Å²) in [7, 11) is -1.52. The van der Waals surface area contributed by atoms with Crippen LogP contribution in [0.1, 0.15) is 44.7 Å². The molecule has 2 aromatic rings. The minimum atomic E-state index is -1.52. The summed E-state index contributed by atoms with van der Waals surface area (Å²) in [5.41, 5.74) is 4.80. The zero-order chi connectivity index (χ0) is 17.5. The van der Waals surface area contributed by atoms with E-state index in [1.54, 1.807) is 5.56 Å². The Morgan fingerprint density at radius 1 is 1.12 bits per heavy atom. The van der Waals surface area contributed by atoms with Gasteiger partial charge in [0.05, 0.1) is 0 Å². The Labute approximate surface area is 167 Å². The standard InChI is InChI=1S/C21H33N2Si.Li/c1-16-19(15-24(5,6)22-21(2,3)4)17-11-7-8-12-18(17)20(16)23-13-9-10-14-23;/h7-8,11-12,22H,9-10,13-15H2,1-6H3;/q-1;+1. The molecule has 0 aromatic heterocycles. The molecule has 25 heavy (non-hydrogen) atoms. The normalized spacial score (nSPS) is 15.7. The SMILES string of the molecule is Cc1c(N2CCCC2)c2ccccc2[c-]1C[Si](C)(C)NC(C)(C)C.[Li+]. The zero-order valence-corrected chi connectivity index (χ0v) is 18.3. The quantitative estimate of drug-likeness (QED) is 0.673. The molecule has 1 aliphatic heterocycles. The van der Waals surface area contributed by atoms with Crippen LogP contribution in [-0.2, 0) is 6.04 Å². The molecule has 2 nitrogen and oxygen atoms in total. The minimum absolute atomic E-state index is 0. The second-order valence-corrected chi connectivity index (χ2v) is 13.5. The van der Waals surface area contributed by atoms with Gasteiger partial charge in [0, 0.05) is 18.6 Å². The summed E-state index contributed by atoms with van der Waals surface area (Å²) >= 11 is 0. The number of anilines is 1. The van der Waals surface area contributed by atoms with Crippen molar-refractivity contribution in [2.75, 3.05) is 18.0 Å². The van der Waals surface area contributed by atoms with Crippen LogP contribution in [0, 0.1) is 6.92 Å². The Morgan fingerprint density at radius 2 is 1.72 bits per heavy atom. The molecule has 1 heterocycles. The largest absolute Gasteiger partial charge is 1.00 e. The first-order chi connectivity index (χ1) is 11.2. The van der Waals surface area contributed by atoms with Gasteiger partial charge in [-0.15, -0.1) is 40.1 Å². The van der Waals surface area contributed by atoms with Gasteiger partial charge in [0.1, 0.15) is 8.24 Å². The Hall–Kier alpha value is -0.596. The summed E-state index contributed by atoms with van der Waals surface area (Å²) in [6, 6.07) is 10.3. The molecule has 0 bridgehead atoms. The molecule has 132 valence electrons. The van der Waals surface area contributed by atoms with Gasteiger partial charge in [-0.25, -0.2) is 0 Å². The molecule has 1 aliphatic rings. The van der Waals surface area contributed by atoms with Crippen molar-refractivity contribution >= 4 is 24.7 Å². The van der Waals surface area contributed by atoms with Crippen LogP contribution >= 0.6 is 0 Å². The van der Waals surface area contributed by atoms with E-state index in [2.05, 4.69) is 74.9 Å². The Bertz CT molecular complexity index is 721. The van der Waals surface area contributed by atoms with Crippen LogP contribution in [-0.4, -0.2) is 26.9 Å². The average Bonchev–Trinajstić information content (AvgIpc) is 3.04. The third-order valence-electron chi connectivity index (χ3n) is 5.07. The fourth-order valence-electron chi connectivity index (χ4n) is 4.58. The zero-order valence-electron chi connectivity index (χ0n) is 17.3. The van der Waals surface area contributed by atoms with Crippen molar-refractivity contribution in [2.45, 2.75) is 65.2 Å². The first-order valence-corrected chi connectivity index (χ1v) is 12.6. The van der Waals surface area contributed by atoms with Crippen LogP contribution < -0.4 is 28.7 Å². The van der Waals surface area contributed by atoms with E-state index >= 15 is 0 Å². The number of benzene rings is 1. The fourth-order valence-corrected chi connectivity index (χ4v) is 8.04. The molecule has 0 unspecified atom stereocenters. The first kappa shape index (κ1) is 20.7. The molecule has 0 amide bonds. The summed E-state index contributed by atoms with van der Waals surface area (Å²) in [6.45, 7) is 16.6. The van der Waals surface area contributed by atoms with Crippen molar-refractivity contribution in [2.24, 2.45) is 0 Å². The third-order valence-corrected chi connectivity index (χ3v) is 7.73. The molecule has 0 spiro atoms. The van der Waals surface area contributed by atoms with Crippen molar-refractivity contribution in [1.82, 2.24) is 4.98 Å². The van der Waals surface area contributed by atoms with Crippen LogP contribution in [0.3, 0.4) is 0 Å². The maximum absolute atomic E-state index is 3.94.